The van der Waals surface area contributed by atoms with E-state index in [0.717, 1.165) is 27.6 Å². The van der Waals surface area contributed by atoms with E-state index in [1.807, 2.05) is 56.2 Å². The average Bonchev–Trinajstić information content (AvgIpc) is 3.29. The molecule has 4 nitrogen and oxygen atoms in total. The molecular formula is C53H36N4. The Morgan fingerprint density at radius 2 is 0.754 bits per heavy atom. The molecule has 0 radical (unpaired) electrons. The van der Waals surface area contributed by atoms with Crippen molar-refractivity contribution >= 4 is 43.1 Å². The third-order valence-electron chi connectivity index (χ3n) is 11.0. The summed E-state index contributed by atoms with van der Waals surface area (Å²) in [7, 11) is 0. The Hall–Kier alpha value is -7.56. The molecule has 0 saturated heterocycles. The maximum absolute atomic E-state index is 4.32. The largest absolute Gasteiger partial charge is 0.265 e. The van der Waals surface area contributed by atoms with E-state index in [9.17, 15) is 0 Å². The van der Waals surface area contributed by atoms with Crippen LogP contribution in [0.2, 0.25) is 0 Å². The first-order valence-corrected chi connectivity index (χ1v) is 19.1. The van der Waals surface area contributed by atoms with Gasteiger partial charge in [-0.15, -0.1) is 0 Å². The summed E-state index contributed by atoms with van der Waals surface area (Å²) in [6.45, 7) is 2.04. The van der Waals surface area contributed by atoms with Crippen molar-refractivity contribution in [2.24, 2.45) is 0 Å². The van der Waals surface area contributed by atoms with Gasteiger partial charge in [-0.25, -0.2) is 0 Å². The van der Waals surface area contributed by atoms with E-state index < -0.39 is 0 Å². The van der Waals surface area contributed by atoms with Crippen molar-refractivity contribution in [3.05, 3.63) is 207 Å². The van der Waals surface area contributed by atoms with Crippen molar-refractivity contribution in [2.45, 2.75) is 6.92 Å². The van der Waals surface area contributed by atoms with E-state index in [0.29, 0.717) is 0 Å². The smallest absolute Gasteiger partial charge is 0.0346 e. The Morgan fingerprint density at radius 3 is 1.28 bits per heavy atom. The first-order chi connectivity index (χ1) is 28.2. The molecule has 11 aromatic rings. The Labute approximate surface area is 331 Å². The normalized spacial score (nSPS) is 11.2. The standard InChI is InChI=1S/C47H29N3.C6H7N/c1-2-36-29-50-25-20-43(36)40(3-1)32-4-6-33(7-5-32)41-12-8-34-11-15-45-42(13-9-35-10-14-44(41)46(34)47(35)45)39-27-37(30-16-21-48-22-17-30)26-38(28-39)31-18-23-49-24-19-31;1-6-2-4-7-5-3-6/h1-29H;2-5H,1H3. The second-order valence-corrected chi connectivity index (χ2v) is 14.4. The lowest BCUT2D eigenvalue weighted by atomic mass is 9.86. The molecule has 0 aliphatic rings. The van der Waals surface area contributed by atoms with Crippen LogP contribution in [-0.2, 0) is 0 Å². The average molecular weight is 729 g/mol. The van der Waals surface area contributed by atoms with Crippen LogP contribution in [0.4, 0.5) is 0 Å². The zero-order valence-corrected chi connectivity index (χ0v) is 31.3. The van der Waals surface area contributed by atoms with E-state index >= 15 is 0 Å². The van der Waals surface area contributed by atoms with Gasteiger partial charge in [-0.3, -0.25) is 19.9 Å². The maximum Gasteiger partial charge on any atom is 0.0346 e. The van der Waals surface area contributed by atoms with Gasteiger partial charge in [0.2, 0.25) is 0 Å². The molecule has 11 rings (SSSR count). The highest BCUT2D eigenvalue weighted by atomic mass is 14.6. The lowest BCUT2D eigenvalue weighted by molar-refractivity contribution is 1.29. The molecule has 0 bridgehead atoms. The number of aromatic nitrogens is 4. The summed E-state index contributed by atoms with van der Waals surface area (Å²) in [6, 6.07) is 55.0. The number of nitrogens with zero attached hydrogens (tertiary/aromatic N) is 4. The molecule has 4 heteroatoms. The summed E-state index contributed by atoms with van der Waals surface area (Å²) in [6.07, 6.45) is 14.8. The Kier molecular flexibility index (Phi) is 8.69. The fraction of sp³-hybridized carbons (Fsp3) is 0.0189. The van der Waals surface area contributed by atoms with Crippen molar-refractivity contribution in [3.63, 3.8) is 0 Å². The van der Waals surface area contributed by atoms with Crippen molar-refractivity contribution in [1.29, 1.82) is 0 Å². The lowest BCUT2D eigenvalue weighted by Crippen LogP contribution is -1.91. The first kappa shape index (κ1) is 34.0. The van der Waals surface area contributed by atoms with E-state index in [2.05, 4.69) is 159 Å². The molecule has 4 heterocycles. The number of pyridine rings is 4. The van der Waals surface area contributed by atoms with Crippen LogP contribution in [0.25, 0.3) is 98.7 Å². The third-order valence-corrected chi connectivity index (χ3v) is 11.0. The maximum atomic E-state index is 4.32. The Morgan fingerprint density at radius 1 is 0.298 bits per heavy atom. The van der Waals surface area contributed by atoms with Crippen LogP contribution < -0.4 is 0 Å². The van der Waals surface area contributed by atoms with Gasteiger partial charge in [-0.1, -0.05) is 91.0 Å². The molecule has 0 fully saturated rings. The molecule has 0 N–H and O–H groups in total. The van der Waals surface area contributed by atoms with Crippen molar-refractivity contribution in [3.8, 4) is 55.6 Å². The minimum Gasteiger partial charge on any atom is -0.265 e. The fourth-order valence-corrected chi connectivity index (χ4v) is 8.14. The fourth-order valence-electron chi connectivity index (χ4n) is 8.14. The minimum atomic E-state index is 1.14. The third kappa shape index (κ3) is 6.43. The molecule has 0 spiro atoms. The summed E-state index contributed by atoms with van der Waals surface area (Å²) in [5.74, 6) is 0. The van der Waals surface area contributed by atoms with Crippen LogP contribution in [-0.4, -0.2) is 19.9 Å². The topological polar surface area (TPSA) is 51.6 Å². The van der Waals surface area contributed by atoms with E-state index in [4.69, 9.17) is 0 Å². The van der Waals surface area contributed by atoms with Crippen LogP contribution in [0.15, 0.2) is 201 Å². The summed E-state index contributed by atoms with van der Waals surface area (Å²) < 4.78 is 0. The molecule has 4 aromatic heterocycles. The van der Waals surface area contributed by atoms with Crippen LogP contribution in [0.5, 0.6) is 0 Å². The van der Waals surface area contributed by atoms with Gasteiger partial charge in [0.1, 0.15) is 0 Å². The second kappa shape index (κ2) is 14.6. The molecule has 0 amide bonds. The Balaban J connectivity index is 0.000000514. The van der Waals surface area contributed by atoms with E-state index in [1.54, 1.807) is 12.4 Å². The highest BCUT2D eigenvalue weighted by Gasteiger charge is 2.16. The summed E-state index contributed by atoms with van der Waals surface area (Å²) in [4.78, 5) is 16.7. The zero-order chi connectivity index (χ0) is 38.1. The number of rotatable bonds is 5. The monoisotopic (exact) mass is 728 g/mol. The molecule has 268 valence electrons. The van der Waals surface area contributed by atoms with Crippen LogP contribution >= 0.6 is 0 Å². The van der Waals surface area contributed by atoms with Gasteiger partial charge in [0.15, 0.2) is 0 Å². The Bertz CT molecular complexity index is 3100. The summed E-state index contributed by atoms with van der Waals surface area (Å²) in [5, 5.41) is 10.0. The minimum absolute atomic E-state index is 1.14. The molecule has 57 heavy (non-hydrogen) atoms. The van der Waals surface area contributed by atoms with E-state index in [-0.39, 0.29) is 0 Å². The van der Waals surface area contributed by atoms with Gasteiger partial charge in [-0.2, -0.15) is 0 Å². The molecule has 0 saturated carbocycles. The molecular weight excluding hydrogens is 693 g/mol. The first-order valence-electron chi connectivity index (χ1n) is 19.1. The quantitative estimate of drug-likeness (QED) is 0.166. The predicted molar refractivity (Wildman–Crippen MR) is 237 cm³/mol. The number of fused-ring (bicyclic) bond motifs is 1. The van der Waals surface area contributed by atoms with Crippen molar-refractivity contribution in [2.75, 3.05) is 0 Å². The summed E-state index contributed by atoms with van der Waals surface area (Å²) in [5.41, 5.74) is 13.1. The SMILES string of the molecule is Cc1ccncc1.c1cc(-c2ccc(-c3ccc4ccc5c(-c6cc(-c7ccncc7)cc(-c7ccncc7)c6)ccc6ccc3c4c65)cc2)c2ccncc2c1. The number of hydrogen-bond acceptors (Lipinski definition) is 4. The highest BCUT2D eigenvalue weighted by molar-refractivity contribution is 6.27. The molecule has 0 aliphatic carbocycles. The molecule has 7 aromatic carbocycles. The van der Waals surface area contributed by atoms with Gasteiger partial charge in [0.05, 0.1) is 0 Å². The van der Waals surface area contributed by atoms with Gasteiger partial charge in [0.25, 0.3) is 0 Å². The molecule has 0 atom stereocenters. The van der Waals surface area contributed by atoms with Crippen LogP contribution in [0, 0.1) is 6.92 Å². The van der Waals surface area contributed by atoms with Gasteiger partial charge in [0, 0.05) is 55.0 Å². The lowest BCUT2D eigenvalue weighted by Gasteiger charge is -2.18. The van der Waals surface area contributed by atoms with Crippen LogP contribution in [0.1, 0.15) is 5.56 Å². The van der Waals surface area contributed by atoms with Crippen molar-refractivity contribution in [1.82, 2.24) is 19.9 Å². The van der Waals surface area contributed by atoms with Gasteiger partial charge in [-0.05, 0) is 166 Å². The van der Waals surface area contributed by atoms with Gasteiger partial charge >= 0.3 is 0 Å². The van der Waals surface area contributed by atoms with Gasteiger partial charge < -0.3 is 0 Å². The molecule has 0 unspecified atom stereocenters. The second-order valence-electron chi connectivity index (χ2n) is 14.4. The predicted octanol–water partition coefficient (Wildman–Crippen LogP) is 13.6. The highest BCUT2D eigenvalue weighted by Crippen LogP contribution is 2.44. The van der Waals surface area contributed by atoms with Crippen LogP contribution in [0.3, 0.4) is 0 Å². The summed E-state index contributed by atoms with van der Waals surface area (Å²) >= 11 is 0. The molecule has 0 aliphatic heterocycles. The number of benzene rings is 7. The number of aryl methyl sites for hydroxylation is 1. The zero-order valence-electron chi connectivity index (χ0n) is 31.3. The number of hydrogen-bond donors (Lipinski definition) is 0. The van der Waals surface area contributed by atoms with E-state index in [1.165, 1.54) is 76.6 Å². The van der Waals surface area contributed by atoms with Crippen molar-refractivity contribution < 1.29 is 0 Å².